The number of nitrogens with two attached hydrogens (primary N) is 1. The van der Waals surface area contributed by atoms with Gasteiger partial charge < -0.3 is 15.2 Å². The van der Waals surface area contributed by atoms with Crippen molar-refractivity contribution in [2.24, 2.45) is 5.73 Å². The van der Waals surface area contributed by atoms with Crippen LogP contribution in [0.4, 0.5) is 0 Å². The van der Waals surface area contributed by atoms with Gasteiger partial charge in [-0.25, -0.2) is 0 Å². The molecule has 0 bridgehead atoms. The monoisotopic (exact) mass is 439 g/mol. The largest absolute Gasteiger partial charge is 0.493 e. The Bertz CT molecular complexity index is 745. The molecular formula is C17H15Br2NO3. The molecule has 1 amide bonds. The lowest BCUT2D eigenvalue weighted by Crippen LogP contribution is -2.05. The Morgan fingerprint density at radius 3 is 2.70 bits per heavy atom. The number of carbonyl (C=O) groups is 1. The van der Waals surface area contributed by atoms with Gasteiger partial charge in [0.05, 0.1) is 11.6 Å². The lowest BCUT2D eigenvalue weighted by atomic mass is 10.2. The first-order valence-corrected chi connectivity index (χ1v) is 8.30. The zero-order chi connectivity index (χ0) is 16.8. The van der Waals surface area contributed by atoms with Crippen LogP contribution in [0.1, 0.15) is 11.1 Å². The van der Waals surface area contributed by atoms with Crippen molar-refractivity contribution in [2.45, 2.75) is 6.61 Å². The van der Waals surface area contributed by atoms with E-state index >= 15 is 0 Å². The maximum absolute atomic E-state index is 10.8. The zero-order valence-electron chi connectivity index (χ0n) is 12.4. The Balaban J connectivity index is 2.22. The molecule has 2 N–H and O–H groups in total. The van der Waals surface area contributed by atoms with Gasteiger partial charge in [0.2, 0.25) is 5.91 Å². The van der Waals surface area contributed by atoms with Crippen molar-refractivity contribution in [2.75, 3.05) is 7.11 Å². The van der Waals surface area contributed by atoms with Crippen molar-refractivity contribution in [3.8, 4) is 11.5 Å². The first-order valence-electron chi connectivity index (χ1n) is 6.72. The fourth-order valence-electron chi connectivity index (χ4n) is 1.94. The second kappa shape index (κ2) is 8.17. The van der Waals surface area contributed by atoms with Crippen LogP contribution >= 0.6 is 31.9 Å². The van der Waals surface area contributed by atoms with Crippen molar-refractivity contribution in [1.82, 2.24) is 0 Å². The average molecular weight is 441 g/mol. The van der Waals surface area contributed by atoms with Crippen molar-refractivity contribution in [1.29, 1.82) is 0 Å². The second-order valence-corrected chi connectivity index (χ2v) is 6.46. The lowest BCUT2D eigenvalue weighted by molar-refractivity contribution is -0.113. The molecule has 0 aromatic heterocycles. The Labute approximate surface area is 151 Å². The number of rotatable bonds is 6. The number of amides is 1. The third-order valence-corrected chi connectivity index (χ3v) is 4.05. The highest BCUT2D eigenvalue weighted by atomic mass is 79.9. The van der Waals surface area contributed by atoms with Gasteiger partial charge in [0.25, 0.3) is 0 Å². The molecule has 2 aromatic carbocycles. The summed E-state index contributed by atoms with van der Waals surface area (Å²) in [5.74, 6) is 0.664. The number of methoxy groups -OCH3 is 1. The van der Waals surface area contributed by atoms with Crippen LogP contribution in [0.5, 0.6) is 11.5 Å². The first-order chi connectivity index (χ1) is 11.0. The molecule has 0 saturated heterocycles. The van der Waals surface area contributed by atoms with Gasteiger partial charge in [0.15, 0.2) is 11.5 Å². The molecule has 0 radical (unpaired) electrons. The van der Waals surface area contributed by atoms with Crippen LogP contribution in [-0.4, -0.2) is 13.0 Å². The van der Waals surface area contributed by atoms with Gasteiger partial charge in [0.1, 0.15) is 6.61 Å². The SMILES string of the molecule is COc1cc(/C=C\C(N)=O)cc(Br)c1OCc1cccc(Br)c1. The third kappa shape index (κ3) is 5.11. The summed E-state index contributed by atoms with van der Waals surface area (Å²) in [7, 11) is 1.56. The van der Waals surface area contributed by atoms with Crippen LogP contribution < -0.4 is 15.2 Å². The molecule has 0 unspecified atom stereocenters. The Hall–Kier alpha value is -1.79. The van der Waals surface area contributed by atoms with Gasteiger partial charge in [-0.1, -0.05) is 28.1 Å². The maximum atomic E-state index is 10.8. The van der Waals surface area contributed by atoms with Gasteiger partial charge in [0, 0.05) is 10.5 Å². The summed E-state index contributed by atoms with van der Waals surface area (Å²) < 4.78 is 13.0. The third-order valence-electron chi connectivity index (χ3n) is 2.96. The van der Waals surface area contributed by atoms with Crippen LogP contribution in [-0.2, 0) is 11.4 Å². The van der Waals surface area contributed by atoms with E-state index in [1.807, 2.05) is 30.3 Å². The number of ether oxygens (including phenoxy) is 2. The van der Waals surface area contributed by atoms with E-state index in [0.717, 1.165) is 20.1 Å². The molecule has 0 fully saturated rings. The molecular weight excluding hydrogens is 426 g/mol. The van der Waals surface area contributed by atoms with E-state index in [1.165, 1.54) is 6.08 Å². The van der Waals surface area contributed by atoms with Crippen molar-refractivity contribution in [3.05, 3.63) is 62.5 Å². The molecule has 0 atom stereocenters. The summed E-state index contributed by atoms with van der Waals surface area (Å²) in [5.41, 5.74) is 6.92. The lowest BCUT2D eigenvalue weighted by Gasteiger charge is -2.14. The van der Waals surface area contributed by atoms with Crippen LogP contribution in [0, 0.1) is 0 Å². The normalized spacial score (nSPS) is 10.7. The summed E-state index contributed by atoms with van der Waals surface area (Å²) in [6.07, 6.45) is 2.91. The van der Waals surface area contributed by atoms with E-state index in [4.69, 9.17) is 15.2 Å². The quantitative estimate of drug-likeness (QED) is 0.681. The topological polar surface area (TPSA) is 61.5 Å². The first kappa shape index (κ1) is 17.6. The van der Waals surface area contributed by atoms with Crippen LogP contribution in [0.15, 0.2) is 51.4 Å². The Morgan fingerprint density at radius 2 is 2.04 bits per heavy atom. The molecule has 2 aromatic rings. The van der Waals surface area contributed by atoms with E-state index in [9.17, 15) is 4.79 Å². The molecule has 2 rings (SSSR count). The average Bonchev–Trinajstić information content (AvgIpc) is 2.51. The molecule has 0 saturated carbocycles. The highest BCUT2D eigenvalue weighted by molar-refractivity contribution is 9.10. The number of hydrogen-bond acceptors (Lipinski definition) is 3. The van der Waals surface area contributed by atoms with E-state index in [1.54, 1.807) is 19.3 Å². The van der Waals surface area contributed by atoms with Crippen molar-refractivity contribution >= 4 is 43.8 Å². The molecule has 0 aliphatic heterocycles. The van der Waals surface area contributed by atoms with Crippen LogP contribution in [0.25, 0.3) is 6.08 Å². The predicted molar refractivity (Wildman–Crippen MR) is 97.4 cm³/mol. The number of hydrogen-bond donors (Lipinski definition) is 1. The predicted octanol–water partition coefficient (Wildman–Crippen LogP) is 4.30. The zero-order valence-corrected chi connectivity index (χ0v) is 15.6. The number of benzene rings is 2. The highest BCUT2D eigenvalue weighted by Gasteiger charge is 2.11. The van der Waals surface area contributed by atoms with Crippen LogP contribution in [0.2, 0.25) is 0 Å². The van der Waals surface area contributed by atoms with E-state index in [2.05, 4.69) is 31.9 Å². The summed E-state index contributed by atoms with van der Waals surface area (Å²) >= 11 is 6.90. The molecule has 23 heavy (non-hydrogen) atoms. The van der Waals surface area contributed by atoms with E-state index < -0.39 is 5.91 Å². The van der Waals surface area contributed by atoms with Gasteiger partial charge in [-0.3, -0.25) is 4.79 Å². The van der Waals surface area contributed by atoms with Crippen molar-refractivity contribution < 1.29 is 14.3 Å². The molecule has 6 heteroatoms. The highest BCUT2D eigenvalue weighted by Crippen LogP contribution is 2.37. The minimum Gasteiger partial charge on any atom is -0.493 e. The minimum atomic E-state index is -0.505. The summed E-state index contributed by atoms with van der Waals surface area (Å²) in [4.78, 5) is 10.8. The molecule has 0 aliphatic rings. The fraction of sp³-hybridized carbons (Fsp3) is 0.118. The van der Waals surface area contributed by atoms with Gasteiger partial charge in [-0.2, -0.15) is 0 Å². The molecule has 0 aliphatic carbocycles. The summed E-state index contributed by atoms with van der Waals surface area (Å²) in [5, 5.41) is 0. The van der Waals surface area contributed by atoms with Gasteiger partial charge in [-0.15, -0.1) is 0 Å². The molecule has 4 nitrogen and oxygen atoms in total. The summed E-state index contributed by atoms with van der Waals surface area (Å²) in [6, 6.07) is 11.5. The maximum Gasteiger partial charge on any atom is 0.241 e. The molecule has 0 spiro atoms. The van der Waals surface area contributed by atoms with Crippen LogP contribution in [0.3, 0.4) is 0 Å². The fourth-order valence-corrected chi connectivity index (χ4v) is 2.96. The minimum absolute atomic E-state index is 0.408. The van der Waals surface area contributed by atoms with Gasteiger partial charge >= 0.3 is 0 Å². The Kier molecular flexibility index (Phi) is 6.24. The van der Waals surface area contributed by atoms with Gasteiger partial charge in [-0.05, 0) is 57.4 Å². The number of primary amides is 1. The summed E-state index contributed by atoms with van der Waals surface area (Å²) in [6.45, 7) is 0.408. The Morgan fingerprint density at radius 1 is 1.26 bits per heavy atom. The number of halogens is 2. The standard InChI is InChI=1S/C17H15Br2NO3/c1-22-15-9-11(5-6-16(20)21)8-14(19)17(15)23-10-12-3-2-4-13(18)7-12/h2-9H,10H2,1H3,(H2,20,21)/b6-5-. The van der Waals surface area contributed by atoms with Crippen molar-refractivity contribution in [3.63, 3.8) is 0 Å². The second-order valence-electron chi connectivity index (χ2n) is 4.69. The van der Waals surface area contributed by atoms with E-state index in [-0.39, 0.29) is 0 Å². The molecule has 120 valence electrons. The van der Waals surface area contributed by atoms with E-state index in [0.29, 0.717) is 18.1 Å². The molecule has 0 heterocycles. The smallest absolute Gasteiger partial charge is 0.241 e. The number of carbonyl (C=O) groups excluding carboxylic acids is 1.